The Morgan fingerprint density at radius 1 is 0.600 bits per heavy atom. The number of hydrogen-bond donors (Lipinski definition) is 4. The molecule has 2 saturated carbocycles. The van der Waals surface area contributed by atoms with Crippen LogP contribution < -0.4 is 10.6 Å². The van der Waals surface area contributed by atoms with E-state index in [-0.39, 0.29) is 42.8 Å². The van der Waals surface area contributed by atoms with E-state index in [0.29, 0.717) is 17.4 Å². The van der Waals surface area contributed by atoms with Gasteiger partial charge in [-0.2, -0.15) is 0 Å². The normalized spacial score (nSPS) is 24.2. The van der Waals surface area contributed by atoms with Crippen LogP contribution in [0.1, 0.15) is 111 Å². The number of nitrogens with one attached hydrogen (secondary N) is 4. The molecule has 0 unspecified atom stereocenters. The molecular weight excluding hydrogens is 881 g/mol. The summed E-state index contributed by atoms with van der Waals surface area (Å²) < 4.78 is 16.1. The number of methoxy groups -OCH3 is 1. The molecule has 5 fully saturated rings. The van der Waals surface area contributed by atoms with E-state index in [1.54, 1.807) is 0 Å². The van der Waals surface area contributed by atoms with E-state index in [1.165, 1.54) is 13.5 Å². The van der Waals surface area contributed by atoms with Crippen LogP contribution >= 0.6 is 0 Å². The van der Waals surface area contributed by atoms with Gasteiger partial charge in [0, 0.05) is 12.1 Å². The highest BCUT2D eigenvalue weighted by atomic mass is 16.9. The number of carbonyl (C=O) groups excluding carboxylic acids is 3. The SMILES string of the molecule is COC(=O)N[C@@H](C(=O)N1[C@H](c2nc3ccc(-c4ccc(-c5ccc6nc([C@@H]7C[C@@H]8CCCC[C@@H]8N7C(=O)[C@H](NC7OCO7)c7ccccc7)[nH]c6c5)cc4)cc3[nH]2)C[C@@H]2CCCC[C@@H]21)c1ccccc1. The molecule has 0 spiro atoms. The lowest BCUT2D eigenvalue weighted by Crippen LogP contribution is -2.52. The molecule has 14 nitrogen and oxygen atoms in total. The minimum atomic E-state index is -0.885. The molecule has 5 aliphatic rings. The average Bonchev–Trinajstić information content (AvgIpc) is 4.20. The Bertz CT molecular complexity index is 3030. The van der Waals surface area contributed by atoms with Gasteiger partial charge in [-0.25, -0.2) is 14.8 Å². The van der Waals surface area contributed by atoms with E-state index in [2.05, 4.69) is 80.1 Å². The number of carbonyl (C=O) groups is 3. The third-order valence-corrected chi connectivity index (χ3v) is 15.8. The highest BCUT2D eigenvalue weighted by molar-refractivity contribution is 5.89. The molecule has 5 aromatic carbocycles. The standard InChI is InChI=1S/C56H58N8O6/c1-68-55(67)61-49(35-12-4-2-5-13-35)53(65)63-45-18-10-8-16-39(45)30-47(63)51-57-41-26-24-37(28-43(41)59-51)33-20-22-34(23-21-33)38-25-27-42-44(29-38)60-52(58-42)48-31-40-17-9-11-19-46(40)64(48)54(66)50(62-56-69-32-70-56)36-14-6-3-7-15-36/h2-7,12-15,20-29,39-40,45-50,56,62H,8-11,16-19,30-32H2,1H3,(H,57,59)(H,58,60)(H,61,67)/t39-,40-,45-,46-,47-,48-,49+,50+/m0/s1. The van der Waals surface area contributed by atoms with Crippen molar-refractivity contribution in [1.82, 2.24) is 40.4 Å². The number of likely N-dealkylation sites (tertiary alicyclic amines) is 2. The minimum absolute atomic E-state index is 0.0199. The van der Waals surface area contributed by atoms with Crippen molar-refractivity contribution in [1.29, 1.82) is 0 Å². The molecule has 4 N–H and O–H groups in total. The van der Waals surface area contributed by atoms with Crippen molar-refractivity contribution >= 4 is 40.0 Å². The summed E-state index contributed by atoms with van der Waals surface area (Å²) in [7, 11) is 1.32. The summed E-state index contributed by atoms with van der Waals surface area (Å²) in [6.45, 7) is 0.212. The lowest BCUT2D eigenvalue weighted by atomic mass is 9.84. The van der Waals surface area contributed by atoms with Gasteiger partial charge < -0.3 is 39.3 Å². The van der Waals surface area contributed by atoms with Crippen molar-refractivity contribution in [2.24, 2.45) is 11.8 Å². The molecule has 8 atom stereocenters. The number of aromatic amines is 2. The fourth-order valence-corrected chi connectivity index (χ4v) is 12.4. The maximum absolute atomic E-state index is 14.8. The number of amides is 3. The first-order chi connectivity index (χ1) is 34.4. The summed E-state index contributed by atoms with van der Waals surface area (Å²) in [6.07, 6.45) is 8.99. The van der Waals surface area contributed by atoms with Crippen molar-refractivity contribution in [2.45, 2.75) is 107 Å². The maximum Gasteiger partial charge on any atom is 0.407 e. The van der Waals surface area contributed by atoms with Crippen LogP contribution in [0.3, 0.4) is 0 Å². The summed E-state index contributed by atoms with van der Waals surface area (Å²) in [5.74, 6) is 2.24. The highest BCUT2D eigenvalue weighted by Gasteiger charge is 2.50. The molecule has 7 aromatic rings. The summed E-state index contributed by atoms with van der Waals surface area (Å²) >= 11 is 0. The summed E-state index contributed by atoms with van der Waals surface area (Å²) in [5.41, 5.74) is 9.41. The molecule has 3 saturated heterocycles. The van der Waals surface area contributed by atoms with Crippen LogP contribution in [0.4, 0.5) is 4.79 Å². The zero-order valence-corrected chi connectivity index (χ0v) is 39.3. The Kier molecular flexibility index (Phi) is 11.9. The molecule has 5 heterocycles. The van der Waals surface area contributed by atoms with Gasteiger partial charge in [-0.3, -0.25) is 14.9 Å². The van der Waals surface area contributed by atoms with Crippen LogP contribution in [0.2, 0.25) is 0 Å². The molecule has 3 amide bonds. The second kappa shape index (κ2) is 18.8. The van der Waals surface area contributed by atoms with Crippen LogP contribution in [0.15, 0.2) is 121 Å². The third kappa shape index (κ3) is 8.31. The molecule has 2 aliphatic carbocycles. The van der Waals surface area contributed by atoms with Gasteiger partial charge in [0.1, 0.15) is 23.7 Å². The van der Waals surface area contributed by atoms with Crippen molar-refractivity contribution in [3.63, 3.8) is 0 Å². The van der Waals surface area contributed by atoms with Crippen LogP contribution in [-0.4, -0.2) is 80.0 Å². The van der Waals surface area contributed by atoms with Crippen molar-refractivity contribution < 1.29 is 28.6 Å². The van der Waals surface area contributed by atoms with E-state index in [0.717, 1.165) is 119 Å². The van der Waals surface area contributed by atoms with Gasteiger partial charge in [-0.05, 0) is 108 Å². The van der Waals surface area contributed by atoms with E-state index in [9.17, 15) is 14.4 Å². The number of rotatable bonds is 11. The van der Waals surface area contributed by atoms with Crippen LogP contribution in [0.25, 0.3) is 44.3 Å². The van der Waals surface area contributed by atoms with Crippen LogP contribution in [-0.2, 0) is 23.8 Å². The Morgan fingerprint density at radius 2 is 1.06 bits per heavy atom. The number of imidazole rings is 2. The number of alkyl carbamates (subject to hydrolysis) is 1. The smallest absolute Gasteiger partial charge is 0.407 e. The lowest BCUT2D eigenvalue weighted by molar-refractivity contribution is -0.335. The second-order valence-corrected chi connectivity index (χ2v) is 19.8. The van der Waals surface area contributed by atoms with Gasteiger partial charge in [0.15, 0.2) is 6.79 Å². The maximum atomic E-state index is 14.8. The third-order valence-electron chi connectivity index (χ3n) is 15.8. The zero-order valence-electron chi connectivity index (χ0n) is 39.3. The van der Waals surface area contributed by atoms with Crippen molar-refractivity contribution in [3.05, 3.63) is 144 Å². The van der Waals surface area contributed by atoms with Gasteiger partial charge in [0.05, 0.1) is 41.3 Å². The number of benzene rings is 5. The Balaban J connectivity index is 0.791. The van der Waals surface area contributed by atoms with E-state index < -0.39 is 24.6 Å². The number of nitrogens with zero attached hydrogens (tertiary/aromatic N) is 4. The van der Waals surface area contributed by atoms with Gasteiger partial charge in [0.25, 0.3) is 5.91 Å². The molecule has 12 rings (SSSR count). The van der Waals surface area contributed by atoms with Gasteiger partial charge in [0.2, 0.25) is 12.3 Å². The predicted molar refractivity (Wildman–Crippen MR) is 264 cm³/mol. The molecule has 2 aromatic heterocycles. The fourth-order valence-electron chi connectivity index (χ4n) is 12.4. The van der Waals surface area contributed by atoms with Crippen molar-refractivity contribution in [3.8, 4) is 22.3 Å². The molecule has 358 valence electrons. The topological polar surface area (TPSA) is 167 Å². The molecule has 14 heteroatoms. The van der Waals surface area contributed by atoms with Gasteiger partial charge in [-0.15, -0.1) is 0 Å². The largest absolute Gasteiger partial charge is 0.453 e. The number of aromatic nitrogens is 4. The quantitative estimate of drug-likeness (QED) is 0.0987. The number of hydrogen-bond acceptors (Lipinski definition) is 9. The lowest BCUT2D eigenvalue weighted by Gasteiger charge is -2.38. The number of H-pyrrole nitrogens is 2. The summed E-state index contributed by atoms with van der Waals surface area (Å²) in [6, 6.07) is 38.8. The van der Waals surface area contributed by atoms with Gasteiger partial charge >= 0.3 is 6.09 Å². The molecule has 0 bridgehead atoms. The van der Waals surface area contributed by atoms with Crippen LogP contribution in [0, 0.1) is 11.8 Å². The minimum Gasteiger partial charge on any atom is -0.453 e. The first kappa shape index (κ1) is 44.3. The first-order valence-electron chi connectivity index (χ1n) is 25.0. The molecule has 70 heavy (non-hydrogen) atoms. The number of ether oxygens (including phenoxy) is 3. The zero-order chi connectivity index (χ0) is 47.3. The first-order valence-corrected chi connectivity index (χ1v) is 25.0. The number of fused-ring (bicyclic) bond motifs is 4. The van der Waals surface area contributed by atoms with E-state index >= 15 is 0 Å². The highest BCUT2D eigenvalue weighted by Crippen LogP contribution is 2.49. The molecular formula is C56H58N8O6. The fraction of sp³-hybridized carbons (Fsp3) is 0.375. The Labute approximate surface area is 406 Å². The Morgan fingerprint density at radius 3 is 1.53 bits per heavy atom. The average molecular weight is 939 g/mol. The second-order valence-electron chi connectivity index (χ2n) is 19.8. The molecule has 3 aliphatic heterocycles. The van der Waals surface area contributed by atoms with Crippen molar-refractivity contribution in [2.75, 3.05) is 13.9 Å². The summed E-state index contributed by atoms with van der Waals surface area (Å²) in [4.78, 5) is 63.8. The monoisotopic (exact) mass is 938 g/mol. The van der Waals surface area contributed by atoms with Crippen LogP contribution in [0.5, 0.6) is 0 Å². The Hall–Kier alpha value is -6.87. The van der Waals surface area contributed by atoms with E-state index in [1.807, 2.05) is 71.6 Å². The van der Waals surface area contributed by atoms with E-state index in [4.69, 9.17) is 24.2 Å². The predicted octanol–water partition coefficient (Wildman–Crippen LogP) is 10.2. The van der Waals surface area contributed by atoms with Gasteiger partial charge in [-0.1, -0.05) is 123 Å². The summed E-state index contributed by atoms with van der Waals surface area (Å²) in [5, 5.41) is 6.16. The molecule has 0 radical (unpaired) electrons.